The van der Waals surface area contributed by atoms with Gasteiger partial charge in [0.1, 0.15) is 0 Å². The number of hydrogen-bond donors (Lipinski definition) is 1. The molecule has 1 aromatic carbocycles. The number of halogens is 2. The van der Waals surface area contributed by atoms with Crippen molar-refractivity contribution in [1.29, 1.82) is 0 Å². The molecule has 0 spiro atoms. The lowest BCUT2D eigenvalue weighted by Gasteiger charge is -2.31. The van der Waals surface area contributed by atoms with Gasteiger partial charge in [0.2, 0.25) is 0 Å². The molecule has 4 heteroatoms. The number of benzene rings is 1. The zero-order valence-corrected chi connectivity index (χ0v) is 11.9. The van der Waals surface area contributed by atoms with E-state index in [1.54, 1.807) is 7.11 Å². The number of fused-ring (bicyclic) bond motifs is 1. The fraction of sp³-hybridized carbons (Fsp3) is 0.571. The lowest BCUT2D eigenvalue weighted by molar-refractivity contribution is 0.116. The average Bonchev–Trinajstić information content (AvgIpc) is 3.03. The van der Waals surface area contributed by atoms with Crippen LogP contribution in [0.15, 0.2) is 18.2 Å². The van der Waals surface area contributed by atoms with Gasteiger partial charge in [-0.2, -0.15) is 0 Å². The van der Waals surface area contributed by atoms with Crippen LogP contribution in [0.5, 0.6) is 0 Å². The van der Waals surface area contributed by atoms with Crippen LogP contribution in [0.3, 0.4) is 0 Å². The van der Waals surface area contributed by atoms with Crippen LogP contribution in [0.1, 0.15) is 18.4 Å². The van der Waals surface area contributed by atoms with Crippen molar-refractivity contribution < 1.29 is 4.74 Å². The SMILES string of the molecule is COC[C@]12CNCCC1(c1ccc(Cl)c(Cl)c1)C2. The van der Waals surface area contributed by atoms with Gasteiger partial charge in [-0.1, -0.05) is 29.3 Å². The maximum Gasteiger partial charge on any atom is 0.0595 e. The van der Waals surface area contributed by atoms with Gasteiger partial charge in [0.05, 0.1) is 16.7 Å². The van der Waals surface area contributed by atoms with Crippen molar-refractivity contribution in [1.82, 2.24) is 5.32 Å². The summed E-state index contributed by atoms with van der Waals surface area (Å²) in [6.45, 7) is 2.90. The Morgan fingerprint density at radius 1 is 1.33 bits per heavy atom. The summed E-state index contributed by atoms with van der Waals surface area (Å²) in [6.07, 6.45) is 2.33. The standard InChI is InChI=1S/C14H17Cl2NO/c1-18-9-13-7-14(13,4-5-17-8-13)10-2-3-11(15)12(16)6-10/h2-3,6,17H,4-5,7-9H2,1H3/t13-,14?/m0/s1. The third-order valence-electron chi connectivity index (χ3n) is 4.62. The van der Waals surface area contributed by atoms with Crippen LogP contribution >= 0.6 is 23.2 Å². The van der Waals surface area contributed by atoms with Crippen LogP contribution in [0.2, 0.25) is 10.0 Å². The first kappa shape index (κ1) is 12.7. The zero-order valence-electron chi connectivity index (χ0n) is 10.4. The Hall–Kier alpha value is -0.280. The van der Waals surface area contributed by atoms with E-state index >= 15 is 0 Å². The molecule has 1 saturated carbocycles. The topological polar surface area (TPSA) is 21.3 Å². The molecule has 0 aromatic heterocycles. The molecule has 0 amide bonds. The van der Waals surface area contributed by atoms with Crippen LogP contribution in [0.4, 0.5) is 0 Å². The molecule has 1 unspecified atom stereocenters. The maximum atomic E-state index is 6.16. The van der Waals surface area contributed by atoms with Gasteiger partial charge in [0, 0.05) is 24.5 Å². The van der Waals surface area contributed by atoms with E-state index in [-0.39, 0.29) is 10.8 Å². The van der Waals surface area contributed by atoms with E-state index in [0.717, 1.165) is 26.1 Å². The summed E-state index contributed by atoms with van der Waals surface area (Å²) in [5.41, 5.74) is 1.80. The summed E-state index contributed by atoms with van der Waals surface area (Å²) >= 11 is 12.2. The van der Waals surface area contributed by atoms with E-state index in [9.17, 15) is 0 Å². The number of methoxy groups -OCH3 is 1. The van der Waals surface area contributed by atoms with Gasteiger partial charge in [-0.15, -0.1) is 0 Å². The fourth-order valence-electron chi connectivity index (χ4n) is 3.61. The van der Waals surface area contributed by atoms with Gasteiger partial charge >= 0.3 is 0 Å². The molecule has 2 aliphatic rings. The predicted molar refractivity (Wildman–Crippen MR) is 74.6 cm³/mol. The molecule has 2 nitrogen and oxygen atoms in total. The van der Waals surface area contributed by atoms with E-state index < -0.39 is 0 Å². The molecule has 1 aliphatic carbocycles. The summed E-state index contributed by atoms with van der Waals surface area (Å²) in [5.74, 6) is 0. The first-order valence-corrected chi connectivity index (χ1v) is 7.04. The van der Waals surface area contributed by atoms with Crippen LogP contribution in [-0.4, -0.2) is 26.8 Å². The number of ether oxygens (including phenoxy) is 1. The number of piperidine rings is 1. The molecular formula is C14H17Cl2NO. The third-order valence-corrected chi connectivity index (χ3v) is 5.35. The minimum Gasteiger partial charge on any atom is -0.384 e. The lowest BCUT2D eigenvalue weighted by atomic mass is 9.81. The van der Waals surface area contributed by atoms with Crippen molar-refractivity contribution in [3.8, 4) is 0 Å². The van der Waals surface area contributed by atoms with Crippen molar-refractivity contribution >= 4 is 23.2 Å². The highest BCUT2D eigenvalue weighted by molar-refractivity contribution is 6.42. The van der Waals surface area contributed by atoms with Gasteiger partial charge in [0.15, 0.2) is 0 Å². The van der Waals surface area contributed by atoms with E-state index in [1.807, 2.05) is 12.1 Å². The largest absolute Gasteiger partial charge is 0.384 e. The summed E-state index contributed by atoms with van der Waals surface area (Å²) in [6, 6.07) is 6.06. The van der Waals surface area contributed by atoms with E-state index in [0.29, 0.717) is 10.0 Å². The minimum absolute atomic E-state index is 0.239. The normalized spacial score (nSPS) is 34.2. The number of hydrogen-bond acceptors (Lipinski definition) is 2. The lowest BCUT2D eigenvalue weighted by Crippen LogP contribution is -2.40. The Labute approximate surface area is 118 Å². The van der Waals surface area contributed by atoms with Crippen molar-refractivity contribution in [2.24, 2.45) is 5.41 Å². The smallest absolute Gasteiger partial charge is 0.0595 e. The number of nitrogens with one attached hydrogen (secondary N) is 1. The van der Waals surface area contributed by atoms with E-state index in [2.05, 4.69) is 11.4 Å². The molecule has 1 saturated heterocycles. The highest BCUT2D eigenvalue weighted by Gasteiger charge is 2.68. The predicted octanol–water partition coefficient (Wildman–Crippen LogP) is 3.26. The fourth-order valence-corrected chi connectivity index (χ4v) is 3.91. The van der Waals surface area contributed by atoms with Gasteiger partial charge in [-0.05, 0) is 37.1 Å². The maximum absolute atomic E-state index is 6.16. The van der Waals surface area contributed by atoms with Gasteiger partial charge < -0.3 is 10.1 Å². The molecule has 2 atom stereocenters. The molecule has 1 heterocycles. The minimum atomic E-state index is 0.239. The Kier molecular flexibility index (Phi) is 3.10. The summed E-state index contributed by atoms with van der Waals surface area (Å²) < 4.78 is 5.43. The second-order valence-corrected chi connectivity index (χ2v) is 6.34. The molecule has 1 aromatic rings. The quantitative estimate of drug-likeness (QED) is 0.921. The highest BCUT2D eigenvalue weighted by atomic mass is 35.5. The van der Waals surface area contributed by atoms with Gasteiger partial charge in [-0.25, -0.2) is 0 Å². The van der Waals surface area contributed by atoms with E-state index in [4.69, 9.17) is 27.9 Å². The Bertz CT molecular complexity index is 475. The first-order chi connectivity index (χ1) is 8.63. The number of rotatable bonds is 3. The van der Waals surface area contributed by atoms with Crippen LogP contribution in [0, 0.1) is 5.41 Å². The molecule has 0 radical (unpaired) electrons. The summed E-state index contributed by atoms with van der Waals surface area (Å²) in [7, 11) is 1.78. The molecule has 98 valence electrons. The molecule has 0 bridgehead atoms. The average molecular weight is 286 g/mol. The van der Waals surface area contributed by atoms with Crippen LogP contribution in [-0.2, 0) is 10.2 Å². The molecule has 1 N–H and O–H groups in total. The second-order valence-electron chi connectivity index (χ2n) is 5.53. The monoisotopic (exact) mass is 285 g/mol. The van der Waals surface area contributed by atoms with Gasteiger partial charge in [0.25, 0.3) is 0 Å². The first-order valence-electron chi connectivity index (χ1n) is 6.29. The van der Waals surface area contributed by atoms with Crippen molar-refractivity contribution in [2.75, 3.05) is 26.8 Å². The van der Waals surface area contributed by atoms with Gasteiger partial charge in [-0.3, -0.25) is 0 Å². The highest BCUT2D eigenvalue weighted by Crippen LogP contribution is 2.67. The second kappa shape index (κ2) is 4.38. The van der Waals surface area contributed by atoms with Crippen molar-refractivity contribution in [2.45, 2.75) is 18.3 Å². The molecular weight excluding hydrogens is 269 g/mol. The van der Waals surface area contributed by atoms with Crippen LogP contribution in [0.25, 0.3) is 0 Å². The Morgan fingerprint density at radius 2 is 2.17 bits per heavy atom. The Balaban J connectivity index is 1.97. The summed E-state index contributed by atoms with van der Waals surface area (Å²) in [4.78, 5) is 0. The zero-order chi connectivity index (χ0) is 12.8. The van der Waals surface area contributed by atoms with E-state index in [1.165, 1.54) is 12.0 Å². The molecule has 2 fully saturated rings. The molecule has 3 rings (SSSR count). The Morgan fingerprint density at radius 3 is 2.89 bits per heavy atom. The van der Waals surface area contributed by atoms with Crippen molar-refractivity contribution in [3.05, 3.63) is 33.8 Å². The molecule has 1 aliphatic heterocycles. The molecule has 18 heavy (non-hydrogen) atoms. The summed E-state index contributed by atoms with van der Waals surface area (Å²) in [5, 5.41) is 4.76. The van der Waals surface area contributed by atoms with Crippen LogP contribution < -0.4 is 5.32 Å². The van der Waals surface area contributed by atoms with Crippen molar-refractivity contribution in [3.63, 3.8) is 0 Å². The third kappa shape index (κ3) is 1.70.